The summed E-state index contributed by atoms with van der Waals surface area (Å²) in [6.45, 7) is 5.86. The van der Waals surface area contributed by atoms with Crippen LogP contribution in [0.15, 0.2) is 52.8 Å². The highest BCUT2D eigenvalue weighted by Crippen LogP contribution is 2.31. The van der Waals surface area contributed by atoms with E-state index in [1.807, 2.05) is 6.07 Å². The third-order valence-corrected chi connectivity index (χ3v) is 6.89. The number of fused-ring (bicyclic) bond motifs is 3. The molecule has 9 nitrogen and oxygen atoms in total. The van der Waals surface area contributed by atoms with E-state index in [1.165, 1.54) is 6.33 Å². The zero-order valence-corrected chi connectivity index (χ0v) is 18.2. The smallest absolute Gasteiger partial charge is 0.310 e. The van der Waals surface area contributed by atoms with Gasteiger partial charge in [-0.15, -0.1) is 0 Å². The first-order valence-electron chi connectivity index (χ1n) is 9.90. The number of pyridine rings is 1. The number of rotatable bonds is 7. The predicted molar refractivity (Wildman–Crippen MR) is 116 cm³/mol. The standard InChI is InChI=1S/C21H23N5O4S/c1-4-30-21(27)14(3)11-24-26-12-23-17-18(26)15-9-10-22-19(15)25-20(17)31(28,29)16-8-6-5-7-13(16)2/h5-10,12,14,24H,4,11H2,1-3H3,(H,22,25). The van der Waals surface area contributed by atoms with Crippen LogP contribution in [0.2, 0.25) is 0 Å². The summed E-state index contributed by atoms with van der Waals surface area (Å²) in [5.41, 5.74) is 5.02. The number of esters is 1. The van der Waals surface area contributed by atoms with Gasteiger partial charge in [0.05, 0.1) is 17.4 Å². The lowest BCUT2D eigenvalue weighted by atomic mass is 10.2. The molecule has 0 amide bonds. The van der Waals surface area contributed by atoms with E-state index >= 15 is 0 Å². The molecule has 0 saturated heterocycles. The Morgan fingerprint density at radius 1 is 1.29 bits per heavy atom. The van der Waals surface area contributed by atoms with Crippen LogP contribution < -0.4 is 5.43 Å². The number of H-pyrrole nitrogens is 1. The number of hydrogen-bond acceptors (Lipinski definition) is 7. The second-order valence-electron chi connectivity index (χ2n) is 7.25. The van der Waals surface area contributed by atoms with Gasteiger partial charge in [0.1, 0.15) is 23.0 Å². The fourth-order valence-corrected chi connectivity index (χ4v) is 5.01. The number of aromatic amines is 1. The number of aromatic nitrogens is 4. The van der Waals surface area contributed by atoms with Crippen LogP contribution in [0.25, 0.3) is 22.1 Å². The summed E-state index contributed by atoms with van der Waals surface area (Å²) in [4.78, 5) is 23.9. The van der Waals surface area contributed by atoms with Gasteiger partial charge in [0.2, 0.25) is 9.84 Å². The SMILES string of the molecule is CCOC(=O)C(C)CNn1cnc2c(S(=O)(=O)c3ccccc3C)nc3[nH]ccc3c21. The minimum atomic E-state index is -3.91. The van der Waals surface area contributed by atoms with E-state index in [2.05, 4.69) is 20.4 Å². The molecule has 0 aliphatic heterocycles. The third kappa shape index (κ3) is 3.63. The number of nitrogens with zero attached hydrogens (tertiary/aromatic N) is 3. The van der Waals surface area contributed by atoms with E-state index in [0.717, 1.165) is 0 Å². The van der Waals surface area contributed by atoms with Crippen LogP contribution in [0.5, 0.6) is 0 Å². The van der Waals surface area contributed by atoms with Crippen LogP contribution in [0.1, 0.15) is 19.4 Å². The Morgan fingerprint density at radius 2 is 2.06 bits per heavy atom. The summed E-state index contributed by atoms with van der Waals surface area (Å²) in [5, 5.41) is 0.596. The molecule has 1 atom stereocenters. The van der Waals surface area contributed by atoms with E-state index in [4.69, 9.17) is 4.74 Å². The molecule has 0 aliphatic rings. The zero-order valence-electron chi connectivity index (χ0n) is 17.4. The summed E-state index contributed by atoms with van der Waals surface area (Å²) >= 11 is 0. The van der Waals surface area contributed by atoms with Crippen LogP contribution in [-0.2, 0) is 19.4 Å². The molecule has 0 radical (unpaired) electrons. The van der Waals surface area contributed by atoms with Gasteiger partial charge in [-0.25, -0.2) is 23.1 Å². The van der Waals surface area contributed by atoms with Crippen molar-refractivity contribution < 1.29 is 17.9 Å². The molecule has 31 heavy (non-hydrogen) atoms. The number of sulfone groups is 1. The molecule has 162 valence electrons. The highest BCUT2D eigenvalue weighted by Gasteiger charge is 2.28. The van der Waals surface area contributed by atoms with Gasteiger partial charge in [-0.1, -0.05) is 25.1 Å². The molecular weight excluding hydrogens is 418 g/mol. The van der Waals surface area contributed by atoms with Gasteiger partial charge >= 0.3 is 5.97 Å². The predicted octanol–water partition coefficient (Wildman–Crippen LogP) is 2.80. The van der Waals surface area contributed by atoms with Crippen molar-refractivity contribution >= 4 is 37.9 Å². The first-order chi connectivity index (χ1) is 14.8. The molecule has 0 aliphatic carbocycles. The quantitative estimate of drug-likeness (QED) is 0.423. The monoisotopic (exact) mass is 441 g/mol. The number of nitrogens with one attached hydrogen (secondary N) is 2. The molecule has 0 saturated carbocycles. The Balaban J connectivity index is 1.82. The van der Waals surface area contributed by atoms with Crippen LogP contribution in [-0.4, -0.2) is 47.2 Å². The Morgan fingerprint density at radius 3 is 2.81 bits per heavy atom. The molecule has 2 N–H and O–H groups in total. The molecule has 0 fully saturated rings. The number of hydrogen-bond donors (Lipinski definition) is 2. The lowest BCUT2D eigenvalue weighted by Gasteiger charge is -2.14. The average molecular weight is 442 g/mol. The largest absolute Gasteiger partial charge is 0.466 e. The first kappa shape index (κ1) is 20.9. The van der Waals surface area contributed by atoms with Gasteiger partial charge < -0.3 is 15.1 Å². The Kier molecular flexibility index (Phi) is 5.40. The van der Waals surface area contributed by atoms with Gasteiger partial charge in [0.25, 0.3) is 0 Å². The number of imidazole rings is 1. The summed E-state index contributed by atoms with van der Waals surface area (Å²) in [6.07, 6.45) is 3.19. The Hall–Kier alpha value is -3.40. The lowest BCUT2D eigenvalue weighted by molar-refractivity contribution is -0.146. The van der Waals surface area contributed by atoms with Crippen molar-refractivity contribution in [3.8, 4) is 0 Å². The molecule has 1 unspecified atom stereocenters. The normalized spacial score (nSPS) is 12.9. The van der Waals surface area contributed by atoms with E-state index in [9.17, 15) is 13.2 Å². The van der Waals surface area contributed by atoms with Gasteiger partial charge in [-0.05, 0) is 31.5 Å². The van der Waals surface area contributed by atoms with E-state index in [0.29, 0.717) is 35.3 Å². The van der Waals surface area contributed by atoms with Gasteiger partial charge in [0, 0.05) is 18.1 Å². The molecule has 10 heteroatoms. The Bertz CT molecular complexity index is 1370. The second kappa shape index (κ2) is 8.03. The third-order valence-electron chi connectivity index (χ3n) is 5.06. The summed E-state index contributed by atoms with van der Waals surface area (Å²) in [5.74, 6) is -0.702. The number of carbonyl (C=O) groups excluding carboxylic acids is 1. The second-order valence-corrected chi connectivity index (χ2v) is 9.09. The maximum absolute atomic E-state index is 13.5. The van der Waals surface area contributed by atoms with Crippen LogP contribution >= 0.6 is 0 Å². The van der Waals surface area contributed by atoms with Crippen LogP contribution in [0.4, 0.5) is 0 Å². The number of ether oxygens (including phenoxy) is 1. The van der Waals surface area contributed by atoms with Crippen molar-refractivity contribution in [1.29, 1.82) is 0 Å². The molecule has 0 bridgehead atoms. The molecule has 3 heterocycles. The van der Waals surface area contributed by atoms with Gasteiger partial charge in [-0.2, -0.15) is 0 Å². The minimum absolute atomic E-state index is 0.120. The summed E-state index contributed by atoms with van der Waals surface area (Å²) in [7, 11) is -3.91. The van der Waals surface area contributed by atoms with Crippen molar-refractivity contribution in [3.63, 3.8) is 0 Å². The van der Waals surface area contributed by atoms with Crippen molar-refractivity contribution in [1.82, 2.24) is 19.6 Å². The summed E-state index contributed by atoms with van der Waals surface area (Å²) in [6, 6.07) is 8.58. The molecule has 1 aromatic carbocycles. The molecule has 0 spiro atoms. The molecular formula is C21H23N5O4S. The van der Waals surface area contributed by atoms with Crippen molar-refractivity contribution in [2.45, 2.75) is 30.7 Å². The van der Waals surface area contributed by atoms with E-state index in [1.54, 1.807) is 55.9 Å². The van der Waals surface area contributed by atoms with Gasteiger partial charge in [-0.3, -0.25) is 4.79 Å². The maximum atomic E-state index is 13.5. The van der Waals surface area contributed by atoms with Crippen LogP contribution in [0.3, 0.4) is 0 Å². The zero-order chi connectivity index (χ0) is 22.2. The van der Waals surface area contributed by atoms with Crippen molar-refractivity contribution in [2.75, 3.05) is 18.6 Å². The number of aryl methyl sites for hydroxylation is 1. The van der Waals surface area contributed by atoms with Crippen molar-refractivity contribution in [3.05, 3.63) is 48.4 Å². The minimum Gasteiger partial charge on any atom is -0.466 e. The summed E-state index contributed by atoms with van der Waals surface area (Å²) < 4.78 is 33.6. The average Bonchev–Trinajstić information content (AvgIpc) is 3.38. The van der Waals surface area contributed by atoms with E-state index < -0.39 is 15.8 Å². The number of carbonyl (C=O) groups is 1. The fraction of sp³-hybridized carbons (Fsp3) is 0.286. The topological polar surface area (TPSA) is 119 Å². The van der Waals surface area contributed by atoms with Crippen LogP contribution in [0, 0.1) is 12.8 Å². The highest BCUT2D eigenvalue weighted by molar-refractivity contribution is 7.91. The molecule has 4 aromatic rings. The molecule has 3 aromatic heterocycles. The fourth-order valence-electron chi connectivity index (χ4n) is 3.43. The first-order valence-corrected chi connectivity index (χ1v) is 11.4. The molecule has 4 rings (SSSR count). The van der Waals surface area contributed by atoms with Crippen molar-refractivity contribution in [2.24, 2.45) is 5.92 Å². The van der Waals surface area contributed by atoms with E-state index in [-0.39, 0.29) is 21.4 Å². The lowest BCUT2D eigenvalue weighted by Crippen LogP contribution is -2.27. The van der Waals surface area contributed by atoms with Gasteiger partial charge in [0.15, 0.2) is 5.03 Å². The Labute approximate surface area is 179 Å². The highest BCUT2D eigenvalue weighted by atomic mass is 32.2. The maximum Gasteiger partial charge on any atom is 0.310 e. The number of benzene rings is 1.